The van der Waals surface area contributed by atoms with Crippen molar-refractivity contribution >= 4 is 17.7 Å². The van der Waals surface area contributed by atoms with E-state index in [1.54, 1.807) is 13.8 Å². The van der Waals surface area contributed by atoms with Crippen molar-refractivity contribution in [2.24, 2.45) is 5.73 Å². The summed E-state index contributed by atoms with van der Waals surface area (Å²) in [4.78, 5) is 36.4. The maximum Gasteiger partial charge on any atom is 0.252 e. The number of nitrogens with two attached hydrogens (primary N) is 1. The third-order valence-corrected chi connectivity index (χ3v) is 3.18. The van der Waals surface area contributed by atoms with Gasteiger partial charge in [0.1, 0.15) is 12.1 Å². The monoisotopic (exact) mass is 255 g/mol. The molecule has 1 atom stereocenters. The van der Waals surface area contributed by atoms with Crippen molar-refractivity contribution in [3.05, 3.63) is 0 Å². The number of rotatable bonds is 4. The molecular weight excluding hydrogens is 234 g/mol. The Morgan fingerprint density at radius 1 is 1.50 bits per heavy atom. The normalized spacial score (nSPS) is 20.6. The fraction of sp³-hybridized carbons (Fsp3) is 0.750. The van der Waals surface area contributed by atoms with Gasteiger partial charge in [0.25, 0.3) is 5.91 Å². The topological polar surface area (TPSA) is 92.5 Å². The fourth-order valence-corrected chi connectivity index (χ4v) is 1.99. The summed E-state index contributed by atoms with van der Waals surface area (Å²) in [5.41, 5.74) is 4.81. The van der Waals surface area contributed by atoms with Crippen LogP contribution < -0.4 is 11.1 Å². The van der Waals surface area contributed by atoms with E-state index in [4.69, 9.17) is 5.73 Å². The van der Waals surface area contributed by atoms with Gasteiger partial charge in [-0.15, -0.1) is 0 Å². The highest BCUT2D eigenvalue weighted by Crippen LogP contribution is 2.19. The molecule has 102 valence electrons. The van der Waals surface area contributed by atoms with Crippen LogP contribution in [0.15, 0.2) is 0 Å². The molecule has 3 N–H and O–H groups in total. The van der Waals surface area contributed by atoms with Crippen LogP contribution in [0.2, 0.25) is 0 Å². The van der Waals surface area contributed by atoms with Crippen molar-refractivity contribution in [1.29, 1.82) is 0 Å². The molecule has 1 heterocycles. The fourth-order valence-electron chi connectivity index (χ4n) is 1.99. The van der Waals surface area contributed by atoms with E-state index in [1.165, 1.54) is 4.90 Å². The molecular formula is C12H21N3O3. The highest BCUT2D eigenvalue weighted by atomic mass is 16.2. The molecule has 0 aromatic carbocycles. The van der Waals surface area contributed by atoms with Gasteiger partial charge in [-0.3, -0.25) is 19.7 Å². The number of hydrogen-bond donors (Lipinski definition) is 2. The lowest BCUT2D eigenvalue weighted by Crippen LogP contribution is -2.65. The molecule has 1 fully saturated rings. The van der Waals surface area contributed by atoms with E-state index < -0.39 is 17.4 Å². The van der Waals surface area contributed by atoms with Crippen LogP contribution in [0.3, 0.4) is 0 Å². The molecule has 6 nitrogen and oxygen atoms in total. The van der Waals surface area contributed by atoms with Crippen LogP contribution in [0.5, 0.6) is 0 Å². The SMILES string of the molecule is CCCC(N)CC(=O)N1CC(=O)NC(=O)C1(C)C. The molecule has 1 rings (SSSR count). The van der Waals surface area contributed by atoms with Gasteiger partial charge in [-0.1, -0.05) is 13.3 Å². The minimum atomic E-state index is -1.00. The Hall–Kier alpha value is -1.43. The standard InChI is InChI=1S/C12H21N3O3/c1-4-5-8(13)6-10(17)15-7-9(16)14-11(18)12(15,2)3/h8H,4-7,13H2,1-3H3,(H,14,16,18). The van der Waals surface area contributed by atoms with Crippen LogP contribution in [0.1, 0.15) is 40.0 Å². The van der Waals surface area contributed by atoms with E-state index in [0.717, 1.165) is 12.8 Å². The summed E-state index contributed by atoms with van der Waals surface area (Å²) in [7, 11) is 0. The maximum atomic E-state index is 12.1. The quantitative estimate of drug-likeness (QED) is 0.678. The number of nitrogens with zero attached hydrogens (tertiary/aromatic N) is 1. The first-order valence-electron chi connectivity index (χ1n) is 6.19. The Kier molecular flexibility index (Phi) is 4.45. The van der Waals surface area contributed by atoms with Crippen molar-refractivity contribution in [3.8, 4) is 0 Å². The first kappa shape index (κ1) is 14.6. The number of nitrogens with one attached hydrogen (secondary N) is 1. The second-order valence-electron chi connectivity index (χ2n) is 5.17. The van der Waals surface area contributed by atoms with Crippen molar-refractivity contribution < 1.29 is 14.4 Å². The van der Waals surface area contributed by atoms with Gasteiger partial charge in [-0.2, -0.15) is 0 Å². The molecule has 0 bridgehead atoms. The van der Waals surface area contributed by atoms with Gasteiger partial charge in [-0.05, 0) is 20.3 Å². The van der Waals surface area contributed by atoms with Crippen LogP contribution >= 0.6 is 0 Å². The molecule has 0 aromatic rings. The molecule has 0 spiro atoms. The highest BCUT2D eigenvalue weighted by Gasteiger charge is 2.43. The zero-order chi connectivity index (χ0) is 13.9. The first-order valence-corrected chi connectivity index (χ1v) is 6.19. The van der Waals surface area contributed by atoms with E-state index in [2.05, 4.69) is 5.32 Å². The third-order valence-electron chi connectivity index (χ3n) is 3.18. The van der Waals surface area contributed by atoms with Gasteiger partial charge in [-0.25, -0.2) is 0 Å². The van der Waals surface area contributed by atoms with Gasteiger partial charge >= 0.3 is 0 Å². The number of hydrogen-bond acceptors (Lipinski definition) is 4. The predicted molar refractivity (Wildman–Crippen MR) is 66.4 cm³/mol. The first-order chi connectivity index (χ1) is 8.28. The molecule has 0 aromatic heterocycles. The molecule has 0 saturated carbocycles. The van der Waals surface area contributed by atoms with Crippen LogP contribution in [0.4, 0.5) is 0 Å². The van der Waals surface area contributed by atoms with E-state index in [9.17, 15) is 14.4 Å². The molecule has 18 heavy (non-hydrogen) atoms. The van der Waals surface area contributed by atoms with E-state index in [1.807, 2.05) is 6.92 Å². The van der Waals surface area contributed by atoms with Gasteiger partial charge in [0, 0.05) is 12.5 Å². The van der Waals surface area contributed by atoms with Gasteiger partial charge in [0.15, 0.2) is 0 Å². The van der Waals surface area contributed by atoms with Crippen molar-refractivity contribution in [2.45, 2.75) is 51.6 Å². The molecule has 1 aliphatic rings. The van der Waals surface area contributed by atoms with Gasteiger partial charge < -0.3 is 10.6 Å². The van der Waals surface area contributed by atoms with Crippen LogP contribution in [-0.4, -0.2) is 40.7 Å². The number of amides is 3. The van der Waals surface area contributed by atoms with E-state index in [-0.39, 0.29) is 24.9 Å². The zero-order valence-corrected chi connectivity index (χ0v) is 11.2. The third kappa shape index (κ3) is 3.07. The minimum Gasteiger partial charge on any atom is -0.327 e. The molecule has 0 radical (unpaired) electrons. The van der Waals surface area contributed by atoms with Crippen molar-refractivity contribution in [3.63, 3.8) is 0 Å². The maximum absolute atomic E-state index is 12.1. The van der Waals surface area contributed by atoms with Gasteiger partial charge in [0.05, 0.1) is 0 Å². The summed E-state index contributed by atoms with van der Waals surface area (Å²) in [6, 6.07) is -0.224. The second-order valence-corrected chi connectivity index (χ2v) is 5.17. The van der Waals surface area contributed by atoms with Crippen molar-refractivity contribution in [1.82, 2.24) is 10.2 Å². The summed E-state index contributed by atoms with van der Waals surface area (Å²) in [5.74, 6) is -1.14. The van der Waals surface area contributed by atoms with Crippen molar-refractivity contribution in [2.75, 3.05) is 6.54 Å². The highest BCUT2D eigenvalue weighted by molar-refractivity contribution is 6.06. The molecule has 3 amide bonds. The Morgan fingerprint density at radius 3 is 2.67 bits per heavy atom. The van der Waals surface area contributed by atoms with E-state index in [0.29, 0.717) is 0 Å². The lowest BCUT2D eigenvalue weighted by atomic mass is 9.97. The molecule has 1 aliphatic heterocycles. The number of imide groups is 1. The molecule has 1 saturated heterocycles. The molecule has 0 aliphatic carbocycles. The van der Waals surface area contributed by atoms with Crippen LogP contribution in [0.25, 0.3) is 0 Å². The second kappa shape index (κ2) is 5.48. The van der Waals surface area contributed by atoms with E-state index >= 15 is 0 Å². The average Bonchev–Trinajstić information content (AvgIpc) is 2.23. The smallest absolute Gasteiger partial charge is 0.252 e. The Labute approximate surface area is 107 Å². The molecule has 1 unspecified atom stereocenters. The lowest BCUT2D eigenvalue weighted by Gasteiger charge is -2.40. The van der Waals surface area contributed by atoms with Crippen LogP contribution in [-0.2, 0) is 14.4 Å². The van der Waals surface area contributed by atoms with Crippen LogP contribution in [0, 0.1) is 0 Å². The number of carbonyl (C=O) groups is 3. The number of piperazine rings is 1. The predicted octanol–water partition coefficient (Wildman–Crippen LogP) is -0.232. The Morgan fingerprint density at radius 2 is 2.11 bits per heavy atom. The summed E-state index contributed by atoms with van der Waals surface area (Å²) in [6.45, 7) is 5.15. The minimum absolute atomic E-state index is 0.0869. The Balaban J connectivity index is 2.76. The summed E-state index contributed by atoms with van der Waals surface area (Å²) < 4.78 is 0. The van der Waals surface area contributed by atoms with Gasteiger partial charge in [0.2, 0.25) is 11.8 Å². The lowest BCUT2D eigenvalue weighted by molar-refractivity contribution is -0.155. The zero-order valence-electron chi connectivity index (χ0n) is 11.2. The molecule has 6 heteroatoms. The number of carbonyl (C=O) groups excluding carboxylic acids is 3. The summed E-state index contributed by atoms with van der Waals surface area (Å²) >= 11 is 0. The largest absolute Gasteiger partial charge is 0.327 e. The summed E-state index contributed by atoms with van der Waals surface area (Å²) in [5, 5.41) is 2.23. The summed E-state index contributed by atoms with van der Waals surface area (Å²) in [6.07, 6.45) is 1.81. The Bertz CT molecular complexity index is 366. The average molecular weight is 255 g/mol.